The summed E-state index contributed by atoms with van der Waals surface area (Å²) in [6, 6.07) is 7.40. The normalized spacial score (nSPS) is 15.5. The predicted octanol–water partition coefficient (Wildman–Crippen LogP) is 4.85. The number of benzene rings is 2. The average Bonchev–Trinajstić information content (AvgIpc) is 3.38. The van der Waals surface area contributed by atoms with Gasteiger partial charge < -0.3 is 0 Å². The van der Waals surface area contributed by atoms with Crippen molar-refractivity contribution in [2.45, 2.75) is 36.5 Å². The van der Waals surface area contributed by atoms with Gasteiger partial charge in [0.15, 0.2) is 0 Å². The lowest BCUT2D eigenvalue weighted by Crippen LogP contribution is -2.34. The number of hydrogen-bond acceptors (Lipinski definition) is 2. The summed E-state index contributed by atoms with van der Waals surface area (Å²) in [6.07, 6.45) is -3.83. The van der Waals surface area contributed by atoms with Gasteiger partial charge in [0.25, 0.3) is 0 Å². The van der Waals surface area contributed by atoms with Gasteiger partial charge in [0.2, 0.25) is 10.0 Å². The second-order valence-corrected chi connectivity index (χ2v) is 8.24. The van der Waals surface area contributed by atoms with E-state index >= 15 is 0 Å². The number of sulfonamides is 1. The number of nitrogens with zero attached hydrogens (tertiary/aromatic N) is 1. The minimum atomic E-state index is -4.82. The molecule has 2 aromatic rings. The largest absolute Gasteiger partial charge is 0.417 e. The number of hydrogen-bond donors (Lipinski definition) is 0. The van der Waals surface area contributed by atoms with Crippen LogP contribution >= 0.6 is 11.6 Å². The molecule has 0 saturated heterocycles. The number of rotatable bonds is 5. The molecule has 0 unspecified atom stereocenters. The van der Waals surface area contributed by atoms with Crippen molar-refractivity contribution < 1.29 is 26.0 Å². The van der Waals surface area contributed by atoms with Crippen molar-refractivity contribution in [3.63, 3.8) is 0 Å². The van der Waals surface area contributed by atoms with Crippen LogP contribution in [0.25, 0.3) is 0 Å². The number of alkyl halides is 3. The summed E-state index contributed by atoms with van der Waals surface area (Å²) < 4.78 is 80.7. The van der Waals surface area contributed by atoms with Crippen LogP contribution in [0.15, 0.2) is 47.4 Å². The van der Waals surface area contributed by atoms with E-state index in [0.717, 1.165) is 22.5 Å². The Balaban J connectivity index is 2.07. The first-order valence-electron chi connectivity index (χ1n) is 7.73. The first-order chi connectivity index (χ1) is 12.1. The minimum Gasteiger partial charge on any atom is -0.207 e. The van der Waals surface area contributed by atoms with Crippen LogP contribution in [0.1, 0.15) is 24.0 Å². The average molecular weight is 408 g/mol. The van der Waals surface area contributed by atoms with Crippen molar-refractivity contribution in [3.05, 3.63) is 64.4 Å². The highest BCUT2D eigenvalue weighted by Gasteiger charge is 2.43. The van der Waals surface area contributed by atoms with Gasteiger partial charge in [0.1, 0.15) is 5.82 Å². The molecule has 0 atom stereocenters. The summed E-state index contributed by atoms with van der Waals surface area (Å²) in [5, 5.41) is 0.0231. The quantitative estimate of drug-likeness (QED) is 0.664. The van der Waals surface area contributed by atoms with Crippen LogP contribution in [0.2, 0.25) is 5.02 Å². The standard InChI is InChI=1S/C17H14ClF4NO2S/c18-14-5-3-6-15(19)12(14)10-23(11-8-9-11)26(24,25)16-7-2-1-4-13(16)17(20,21)22/h1-7,11H,8-10H2. The lowest BCUT2D eigenvalue weighted by molar-refractivity contribution is -0.139. The Kier molecular flexibility index (Phi) is 5.02. The third-order valence-electron chi connectivity index (χ3n) is 4.11. The molecule has 26 heavy (non-hydrogen) atoms. The molecule has 0 amide bonds. The maximum absolute atomic E-state index is 14.1. The van der Waals surface area contributed by atoms with Crippen molar-refractivity contribution in [3.8, 4) is 0 Å². The van der Waals surface area contributed by atoms with Gasteiger partial charge in [-0.1, -0.05) is 29.8 Å². The molecule has 1 saturated carbocycles. The summed E-state index contributed by atoms with van der Waals surface area (Å²) >= 11 is 5.96. The Labute approximate surface area is 153 Å². The Hall–Kier alpha value is -1.64. The first-order valence-corrected chi connectivity index (χ1v) is 9.55. The molecule has 1 fully saturated rings. The third-order valence-corrected chi connectivity index (χ3v) is 6.42. The van der Waals surface area contributed by atoms with Crippen LogP contribution in [-0.4, -0.2) is 18.8 Å². The molecular formula is C17H14ClF4NO2S. The maximum atomic E-state index is 14.1. The zero-order valence-electron chi connectivity index (χ0n) is 13.3. The Morgan fingerprint density at radius 2 is 1.73 bits per heavy atom. The van der Waals surface area contributed by atoms with Crippen LogP contribution in [-0.2, 0) is 22.7 Å². The molecule has 9 heteroatoms. The van der Waals surface area contributed by atoms with Crippen LogP contribution < -0.4 is 0 Å². The fourth-order valence-corrected chi connectivity index (χ4v) is 4.75. The molecule has 1 aliphatic carbocycles. The highest BCUT2D eigenvalue weighted by Crippen LogP contribution is 2.39. The van der Waals surface area contributed by atoms with E-state index in [1.807, 2.05) is 0 Å². The highest BCUT2D eigenvalue weighted by atomic mass is 35.5. The summed E-state index contributed by atoms with van der Waals surface area (Å²) in [4.78, 5) is -0.841. The fraction of sp³-hybridized carbons (Fsp3) is 0.294. The summed E-state index contributed by atoms with van der Waals surface area (Å²) in [6.45, 7) is -0.426. The van der Waals surface area contributed by atoms with E-state index in [2.05, 4.69) is 0 Å². The zero-order valence-corrected chi connectivity index (χ0v) is 14.9. The van der Waals surface area contributed by atoms with Crippen molar-refractivity contribution in [1.29, 1.82) is 0 Å². The fourth-order valence-electron chi connectivity index (χ4n) is 2.66. The van der Waals surface area contributed by atoms with E-state index in [1.54, 1.807) is 0 Å². The van der Waals surface area contributed by atoms with Gasteiger partial charge in [-0.15, -0.1) is 0 Å². The van der Waals surface area contributed by atoms with Crippen LogP contribution in [0, 0.1) is 5.82 Å². The molecule has 0 heterocycles. The maximum Gasteiger partial charge on any atom is 0.417 e. The molecule has 0 N–H and O–H groups in total. The topological polar surface area (TPSA) is 37.4 Å². The Morgan fingerprint density at radius 3 is 2.31 bits per heavy atom. The SMILES string of the molecule is O=S(=O)(c1ccccc1C(F)(F)F)N(Cc1c(F)cccc1Cl)C1CC1. The molecule has 0 spiro atoms. The zero-order chi connectivity index (χ0) is 19.1. The molecule has 140 valence electrons. The van der Waals surface area contributed by atoms with Crippen molar-refractivity contribution >= 4 is 21.6 Å². The van der Waals surface area contributed by atoms with E-state index in [-0.39, 0.29) is 10.6 Å². The minimum absolute atomic E-state index is 0.0231. The predicted molar refractivity (Wildman–Crippen MR) is 88.6 cm³/mol. The Morgan fingerprint density at radius 1 is 1.08 bits per heavy atom. The molecule has 0 radical (unpaired) electrons. The molecule has 3 nitrogen and oxygen atoms in total. The van der Waals surface area contributed by atoms with Gasteiger partial charge in [0, 0.05) is 23.2 Å². The van der Waals surface area contributed by atoms with Gasteiger partial charge in [-0.05, 0) is 37.1 Å². The molecule has 2 aromatic carbocycles. The van der Waals surface area contributed by atoms with Gasteiger partial charge in [0.05, 0.1) is 10.5 Å². The van der Waals surface area contributed by atoms with Crippen molar-refractivity contribution in [2.24, 2.45) is 0 Å². The third kappa shape index (κ3) is 3.72. The van der Waals surface area contributed by atoms with Gasteiger partial charge in [-0.2, -0.15) is 17.5 Å². The molecular weight excluding hydrogens is 394 g/mol. The molecule has 0 aromatic heterocycles. The molecule has 0 bridgehead atoms. The second-order valence-electron chi connectivity index (χ2n) is 5.98. The van der Waals surface area contributed by atoms with Gasteiger partial charge in [-0.3, -0.25) is 0 Å². The van der Waals surface area contributed by atoms with Gasteiger partial charge in [-0.25, -0.2) is 12.8 Å². The lowest BCUT2D eigenvalue weighted by atomic mass is 10.2. The van der Waals surface area contributed by atoms with Crippen molar-refractivity contribution in [2.75, 3.05) is 0 Å². The van der Waals surface area contributed by atoms with E-state index in [1.165, 1.54) is 18.2 Å². The smallest absolute Gasteiger partial charge is 0.207 e. The van der Waals surface area contributed by atoms with Crippen LogP contribution in [0.3, 0.4) is 0 Å². The van der Waals surface area contributed by atoms with Crippen LogP contribution in [0.5, 0.6) is 0 Å². The highest BCUT2D eigenvalue weighted by molar-refractivity contribution is 7.89. The second kappa shape index (κ2) is 6.83. The summed E-state index contributed by atoms with van der Waals surface area (Å²) in [5.74, 6) is -0.706. The molecule has 0 aliphatic heterocycles. The molecule has 3 rings (SSSR count). The molecule has 1 aliphatic rings. The summed E-state index contributed by atoms with van der Waals surface area (Å²) in [5.41, 5.74) is -1.31. The Bertz CT molecular complexity index is 906. The van der Waals surface area contributed by atoms with E-state index < -0.39 is 45.1 Å². The van der Waals surface area contributed by atoms with E-state index in [4.69, 9.17) is 11.6 Å². The lowest BCUT2D eigenvalue weighted by Gasteiger charge is -2.24. The number of halogens is 5. The van der Waals surface area contributed by atoms with Crippen LogP contribution in [0.4, 0.5) is 17.6 Å². The van der Waals surface area contributed by atoms with Gasteiger partial charge >= 0.3 is 6.18 Å². The van der Waals surface area contributed by atoms with Crippen molar-refractivity contribution in [1.82, 2.24) is 4.31 Å². The van der Waals surface area contributed by atoms with E-state index in [9.17, 15) is 26.0 Å². The first kappa shape index (κ1) is 19.1. The monoisotopic (exact) mass is 407 g/mol. The summed E-state index contributed by atoms with van der Waals surface area (Å²) in [7, 11) is -4.50. The van der Waals surface area contributed by atoms with E-state index in [0.29, 0.717) is 18.9 Å².